The van der Waals surface area contributed by atoms with E-state index in [0.717, 1.165) is 20.9 Å². The standard InChI is InChI=1S/C19H22O2S/c1-13(2)19(20)15(4)17-7-5-6-8-18(17)22(21)16-11-9-14(3)10-12-16/h5-13,15H,1-4H3/t15-,22+/m1/s1. The molecular weight excluding hydrogens is 292 g/mol. The molecule has 0 aliphatic carbocycles. The van der Waals surface area contributed by atoms with Crippen molar-refractivity contribution in [3.8, 4) is 0 Å². The average molecular weight is 314 g/mol. The number of hydrogen-bond donors (Lipinski definition) is 0. The van der Waals surface area contributed by atoms with E-state index in [0.29, 0.717) is 0 Å². The Morgan fingerprint density at radius 2 is 1.55 bits per heavy atom. The van der Waals surface area contributed by atoms with Crippen LogP contribution in [-0.2, 0) is 15.6 Å². The molecule has 0 aromatic heterocycles. The van der Waals surface area contributed by atoms with Crippen molar-refractivity contribution in [2.75, 3.05) is 0 Å². The summed E-state index contributed by atoms with van der Waals surface area (Å²) >= 11 is 0. The summed E-state index contributed by atoms with van der Waals surface area (Å²) in [6.07, 6.45) is 0. The number of hydrogen-bond acceptors (Lipinski definition) is 2. The lowest BCUT2D eigenvalue weighted by molar-refractivity contribution is -0.123. The zero-order valence-corrected chi connectivity index (χ0v) is 14.3. The maximum atomic E-state index is 12.9. The first-order valence-electron chi connectivity index (χ1n) is 7.53. The molecule has 0 N–H and O–H groups in total. The van der Waals surface area contributed by atoms with Gasteiger partial charge in [0.25, 0.3) is 0 Å². The van der Waals surface area contributed by atoms with Gasteiger partial charge >= 0.3 is 0 Å². The number of Topliss-reactive ketones (excluding diaryl/α,β-unsaturated/α-hetero) is 1. The normalized spacial score (nSPS) is 13.9. The van der Waals surface area contributed by atoms with Gasteiger partial charge in [0, 0.05) is 21.6 Å². The lowest BCUT2D eigenvalue weighted by atomic mass is 9.90. The highest BCUT2D eigenvalue weighted by atomic mass is 32.2. The topological polar surface area (TPSA) is 34.1 Å². The van der Waals surface area contributed by atoms with Crippen LogP contribution in [0.15, 0.2) is 58.3 Å². The first-order chi connectivity index (χ1) is 10.4. The first-order valence-corrected chi connectivity index (χ1v) is 8.68. The van der Waals surface area contributed by atoms with Crippen LogP contribution in [0.25, 0.3) is 0 Å². The van der Waals surface area contributed by atoms with Gasteiger partial charge < -0.3 is 0 Å². The minimum absolute atomic E-state index is 0.0316. The van der Waals surface area contributed by atoms with Gasteiger partial charge in [-0.05, 0) is 30.7 Å². The molecular formula is C19H22O2S. The molecule has 0 unspecified atom stereocenters. The number of benzene rings is 2. The first kappa shape index (κ1) is 16.6. The van der Waals surface area contributed by atoms with Crippen molar-refractivity contribution in [2.24, 2.45) is 5.92 Å². The van der Waals surface area contributed by atoms with Crippen LogP contribution in [0.5, 0.6) is 0 Å². The third-order valence-corrected chi connectivity index (χ3v) is 5.29. The SMILES string of the molecule is Cc1ccc([S@](=O)c2ccccc2[C@@H](C)C(=O)C(C)C)cc1. The predicted octanol–water partition coefficient (Wildman–Crippen LogP) is 4.49. The smallest absolute Gasteiger partial charge is 0.142 e. The average Bonchev–Trinajstić information content (AvgIpc) is 2.53. The molecule has 116 valence electrons. The molecule has 0 radical (unpaired) electrons. The third kappa shape index (κ3) is 3.53. The molecule has 2 nitrogen and oxygen atoms in total. The molecule has 2 aromatic carbocycles. The van der Waals surface area contributed by atoms with Crippen LogP contribution in [0.1, 0.15) is 37.8 Å². The second-order valence-corrected chi connectivity index (χ2v) is 7.35. The Morgan fingerprint density at radius 1 is 0.955 bits per heavy atom. The fraction of sp³-hybridized carbons (Fsp3) is 0.316. The van der Waals surface area contributed by atoms with Crippen LogP contribution in [0.3, 0.4) is 0 Å². The van der Waals surface area contributed by atoms with Crippen LogP contribution < -0.4 is 0 Å². The van der Waals surface area contributed by atoms with Crippen LogP contribution in [-0.4, -0.2) is 9.99 Å². The number of carbonyl (C=O) groups excluding carboxylic acids is 1. The Morgan fingerprint density at radius 3 is 2.14 bits per heavy atom. The van der Waals surface area contributed by atoms with Crippen LogP contribution in [0.4, 0.5) is 0 Å². The molecule has 0 saturated carbocycles. The van der Waals surface area contributed by atoms with E-state index in [4.69, 9.17) is 0 Å². The summed E-state index contributed by atoms with van der Waals surface area (Å²) in [4.78, 5) is 13.8. The molecule has 0 amide bonds. The molecule has 22 heavy (non-hydrogen) atoms. The van der Waals surface area contributed by atoms with Gasteiger partial charge in [0.05, 0.1) is 10.8 Å². The molecule has 3 heteroatoms. The van der Waals surface area contributed by atoms with Gasteiger partial charge in [0.1, 0.15) is 5.78 Å². The fourth-order valence-corrected chi connectivity index (χ4v) is 3.75. The Hall–Kier alpha value is -1.74. The van der Waals surface area contributed by atoms with Crippen molar-refractivity contribution in [2.45, 2.75) is 43.4 Å². The number of ketones is 1. The highest BCUT2D eigenvalue weighted by molar-refractivity contribution is 7.85. The largest absolute Gasteiger partial charge is 0.299 e. The lowest BCUT2D eigenvalue weighted by Crippen LogP contribution is -2.17. The second-order valence-electron chi connectivity index (χ2n) is 5.90. The summed E-state index contributed by atoms with van der Waals surface area (Å²) in [5.74, 6) is -0.102. The molecule has 2 rings (SSSR count). The monoisotopic (exact) mass is 314 g/mol. The fourth-order valence-electron chi connectivity index (χ4n) is 2.45. The highest BCUT2D eigenvalue weighted by Gasteiger charge is 2.23. The third-order valence-electron chi connectivity index (χ3n) is 3.82. The van der Waals surface area contributed by atoms with Crippen LogP contribution in [0.2, 0.25) is 0 Å². The van der Waals surface area contributed by atoms with Gasteiger partial charge in [-0.3, -0.25) is 4.79 Å². The summed E-state index contributed by atoms with van der Waals surface area (Å²) < 4.78 is 12.9. The Labute approximate surface area is 135 Å². The molecule has 0 aliphatic heterocycles. The van der Waals surface area contributed by atoms with Crippen molar-refractivity contribution in [1.29, 1.82) is 0 Å². The van der Waals surface area contributed by atoms with E-state index >= 15 is 0 Å². The Balaban J connectivity index is 2.42. The van der Waals surface area contributed by atoms with E-state index < -0.39 is 10.8 Å². The number of carbonyl (C=O) groups is 1. The van der Waals surface area contributed by atoms with Crippen molar-refractivity contribution in [1.82, 2.24) is 0 Å². The Kier molecular flexibility index (Phi) is 5.30. The summed E-state index contributed by atoms with van der Waals surface area (Å²) in [7, 11) is -1.27. The highest BCUT2D eigenvalue weighted by Crippen LogP contribution is 2.28. The van der Waals surface area contributed by atoms with E-state index in [2.05, 4.69) is 0 Å². The molecule has 0 fully saturated rings. The Bertz CT molecular complexity index is 687. The van der Waals surface area contributed by atoms with Gasteiger partial charge in [-0.2, -0.15) is 0 Å². The van der Waals surface area contributed by atoms with E-state index in [1.54, 1.807) is 0 Å². The van der Waals surface area contributed by atoms with Crippen LogP contribution in [0, 0.1) is 12.8 Å². The van der Waals surface area contributed by atoms with Crippen molar-refractivity contribution in [3.63, 3.8) is 0 Å². The van der Waals surface area contributed by atoms with E-state index in [9.17, 15) is 9.00 Å². The van der Waals surface area contributed by atoms with E-state index in [-0.39, 0.29) is 17.6 Å². The summed E-state index contributed by atoms with van der Waals surface area (Å²) in [5.41, 5.74) is 2.00. The van der Waals surface area contributed by atoms with Gasteiger partial charge in [-0.15, -0.1) is 0 Å². The summed E-state index contributed by atoms with van der Waals surface area (Å²) in [6, 6.07) is 15.2. The molecule has 2 aromatic rings. The molecule has 0 heterocycles. The van der Waals surface area contributed by atoms with Gasteiger partial charge in [-0.1, -0.05) is 56.7 Å². The predicted molar refractivity (Wildman–Crippen MR) is 90.6 cm³/mol. The van der Waals surface area contributed by atoms with Crippen molar-refractivity contribution >= 4 is 16.6 Å². The molecule has 0 spiro atoms. The van der Waals surface area contributed by atoms with Crippen molar-refractivity contribution < 1.29 is 9.00 Å². The zero-order valence-electron chi connectivity index (χ0n) is 13.5. The number of rotatable bonds is 5. The van der Waals surface area contributed by atoms with Gasteiger partial charge in [0.15, 0.2) is 0 Å². The minimum Gasteiger partial charge on any atom is -0.299 e. The summed E-state index contributed by atoms with van der Waals surface area (Å²) in [6.45, 7) is 7.70. The number of aryl methyl sites for hydroxylation is 1. The van der Waals surface area contributed by atoms with Crippen molar-refractivity contribution in [3.05, 3.63) is 59.7 Å². The van der Waals surface area contributed by atoms with E-state index in [1.807, 2.05) is 76.2 Å². The van der Waals surface area contributed by atoms with E-state index in [1.165, 1.54) is 0 Å². The van der Waals surface area contributed by atoms with Gasteiger partial charge in [0.2, 0.25) is 0 Å². The van der Waals surface area contributed by atoms with Crippen LogP contribution >= 0.6 is 0 Å². The van der Waals surface area contributed by atoms with Gasteiger partial charge in [-0.25, -0.2) is 4.21 Å². The zero-order chi connectivity index (χ0) is 16.3. The second kappa shape index (κ2) is 7.01. The molecule has 2 atom stereocenters. The maximum absolute atomic E-state index is 12.9. The molecule has 0 saturated heterocycles. The summed E-state index contributed by atoms with van der Waals surface area (Å²) in [5, 5.41) is 0. The maximum Gasteiger partial charge on any atom is 0.142 e. The molecule has 0 bridgehead atoms. The minimum atomic E-state index is -1.27. The quantitative estimate of drug-likeness (QED) is 0.815. The molecule has 0 aliphatic rings. The lowest BCUT2D eigenvalue weighted by Gasteiger charge is -2.17.